The van der Waals surface area contributed by atoms with Gasteiger partial charge in [-0.15, -0.1) is 6.58 Å². The Hall–Kier alpha value is -2.42. The highest BCUT2D eigenvalue weighted by Crippen LogP contribution is 2.27. The number of amides is 1. The maximum atomic E-state index is 12.0. The zero-order valence-electron chi connectivity index (χ0n) is 11.2. The van der Waals surface area contributed by atoms with Crippen LogP contribution >= 0.6 is 0 Å². The molecular formula is C17H16N2O. The predicted molar refractivity (Wildman–Crippen MR) is 80.3 cm³/mol. The van der Waals surface area contributed by atoms with Gasteiger partial charge in [0.15, 0.2) is 0 Å². The lowest BCUT2D eigenvalue weighted by Gasteiger charge is -2.16. The molecule has 1 atom stereocenters. The smallest absolute Gasteiger partial charge is 0.227 e. The molecule has 0 spiro atoms. The van der Waals surface area contributed by atoms with E-state index in [1.807, 2.05) is 53.4 Å². The first kappa shape index (κ1) is 12.6. The van der Waals surface area contributed by atoms with E-state index in [2.05, 4.69) is 11.6 Å². The maximum Gasteiger partial charge on any atom is 0.227 e. The molecule has 0 radical (unpaired) electrons. The van der Waals surface area contributed by atoms with E-state index in [0.717, 1.165) is 23.5 Å². The van der Waals surface area contributed by atoms with Crippen molar-refractivity contribution in [2.24, 2.45) is 5.92 Å². The van der Waals surface area contributed by atoms with E-state index in [0.29, 0.717) is 6.42 Å². The number of rotatable bonds is 3. The van der Waals surface area contributed by atoms with Crippen LogP contribution in [0.4, 0.5) is 5.69 Å². The molecule has 2 heterocycles. The molecule has 3 nitrogen and oxygen atoms in total. The summed E-state index contributed by atoms with van der Waals surface area (Å²) in [7, 11) is 0. The molecule has 20 heavy (non-hydrogen) atoms. The summed E-state index contributed by atoms with van der Waals surface area (Å²) in [4.78, 5) is 18.1. The highest BCUT2D eigenvalue weighted by atomic mass is 16.2. The van der Waals surface area contributed by atoms with Gasteiger partial charge in [0.2, 0.25) is 5.91 Å². The number of aromatic nitrogens is 1. The van der Waals surface area contributed by atoms with E-state index in [4.69, 9.17) is 0 Å². The Balaban J connectivity index is 1.83. The summed E-state index contributed by atoms with van der Waals surface area (Å²) in [6.45, 7) is 4.50. The van der Waals surface area contributed by atoms with Crippen LogP contribution in [0.3, 0.4) is 0 Å². The van der Waals surface area contributed by atoms with Crippen molar-refractivity contribution in [3.8, 4) is 11.3 Å². The third kappa shape index (κ3) is 2.35. The Morgan fingerprint density at radius 1 is 1.20 bits per heavy atom. The summed E-state index contributed by atoms with van der Waals surface area (Å²) >= 11 is 0. The summed E-state index contributed by atoms with van der Waals surface area (Å²) in [5, 5.41) is 0. The molecule has 3 rings (SSSR count). The Morgan fingerprint density at radius 3 is 2.60 bits per heavy atom. The number of hydrogen-bond donors (Lipinski definition) is 0. The molecular weight excluding hydrogens is 248 g/mol. The second-order valence-corrected chi connectivity index (χ2v) is 4.97. The van der Waals surface area contributed by atoms with Crippen LogP contribution in [0.25, 0.3) is 11.3 Å². The van der Waals surface area contributed by atoms with E-state index in [1.54, 1.807) is 6.20 Å². The van der Waals surface area contributed by atoms with Gasteiger partial charge >= 0.3 is 0 Å². The minimum Gasteiger partial charge on any atom is -0.312 e. The molecule has 0 N–H and O–H groups in total. The van der Waals surface area contributed by atoms with Gasteiger partial charge in [-0.3, -0.25) is 9.78 Å². The molecule has 1 unspecified atom stereocenters. The second kappa shape index (κ2) is 5.29. The van der Waals surface area contributed by atoms with E-state index >= 15 is 0 Å². The number of benzene rings is 1. The van der Waals surface area contributed by atoms with Crippen LogP contribution in [0.1, 0.15) is 6.42 Å². The zero-order chi connectivity index (χ0) is 13.9. The van der Waals surface area contributed by atoms with E-state index < -0.39 is 0 Å². The van der Waals surface area contributed by atoms with Gasteiger partial charge in [-0.05, 0) is 24.3 Å². The van der Waals surface area contributed by atoms with E-state index in [1.165, 1.54) is 0 Å². The van der Waals surface area contributed by atoms with Gasteiger partial charge in [0.05, 0.1) is 5.69 Å². The number of nitrogens with zero attached hydrogens (tertiary/aromatic N) is 2. The second-order valence-electron chi connectivity index (χ2n) is 4.97. The van der Waals surface area contributed by atoms with Crippen LogP contribution in [-0.2, 0) is 4.79 Å². The standard InChI is InChI=1S/C17H16N2O/c1-2-13-11-17(20)19(12-13)15-8-6-14(7-9-15)16-5-3-4-10-18-16/h2-10,13H,1,11-12H2. The van der Waals surface area contributed by atoms with Gasteiger partial charge in [-0.1, -0.05) is 24.3 Å². The number of carbonyl (C=O) groups excluding carboxylic acids is 1. The van der Waals surface area contributed by atoms with Gasteiger partial charge < -0.3 is 4.90 Å². The van der Waals surface area contributed by atoms with Crippen molar-refractivity contribution in [2.45, 2.75) is 6.42 Å². The van der Waals surface area contributed by atoms with Gasteiger partial charge in [0.25, 0.3) is 0 Å². The number of carbonyl (C=O) groups is 1. The highest BCUT2D eigenvalue weighted by Gasteiger charge is 2.28. The molecule has 1 amide bonds. The quantitative estimate of drug-likeness (QED) is 0.797. The minimum absolute atomic E-state index is 0.167. The minimum atomic E-state index is 0.167. The fourth-order valence-corrected chi connectivity index (χ4v) is 2.49. The zero-order valence-corrected chi connectivity index (χ0v) is 11.2. The molecule has 1 aromatic carbocycles. The van der Waals surface area contributed by atoms with E-state index in [9.17, 15) is 4.79 Å². The molecule has 1 fully saturated rings. The van der Waals surface area contributed by atoms with Crippen LogP contribution in [-0.4, -0.2) is 17.4 Å². The molecule has 3 heteroatoms. The van der Waals surface area contributed by atoms with Crippen LogP contribution in [0.5, 0.6) is 0 Å². The van der Waals surface area contributed by atoms with Gasteiger partial charge in [0.1, 0.15) is 0 Å². The van der Waals surface area contributed by atoms with Crippen LogP contribution in [0, 0.1) is 5.92 Å². The summed E-state index contributed by atoms with van der Waals surface area (Å²) < 4.78 is 0. The molecule has 1 aliphatic rings. The molecule has 1 aromatic heterocycles. The lowest BCUT2D eigenvalue weighted by molar-refractivity contribution is -0.117. The summed E-state index contributed by atoms with van der Waals surface area (Å²) in [6.07, 6.45) is 4.20. The van der Waals surface area contributed by atoms with Crippen molar-refractivity contribution >= 4 is 11.6 Å². The fraction of sp³-hybridized carbons (Fsp3) is 0.176. The van der Waals surface area contributed by atoms with Crippen molar-refractivity contribution in [3.05, 3.63) is 61.3 Å². The Labute approximate surface area is 118 Å². The van der Waals surface area contributed by atoms with Gasteiger partial charge in [0, 0.05) is 36.3 Å². The third-order valence-corrected chi connectivity index (χ3v) is 3.63. The maximum absolute atomic E-state index is 12.0. The van der Waals surface area contributed by atoms with Crippen LogP contribution in [0.2, 0.25) is 0 Å². The first-order valence-corrected chi connectivity index (χ1v) is 6.72. The third-order valence-electron chi connectivity index (χ3n) is 3.63. The van der Waals surface area contributed by atoms with Crippen LogP contribution in [0.15, 0.2) is 61.3 Å². The topological polar surface area (TPSA) is 33.2 Å². The lowest BCUT2D eigenvalue weighted by Crippen LogP contribution is -2.24. The van der Waals surface area contributed by atoms with Crippen molar-refractivity contribution in [1.82, 2.24) is 4.98 Å². The summed E-state index contributed by atoms with van der Waals surface area (Å²) in [5.41, 5.74) is 2.94. The fourth-order valence-electron chi connectivity index (χ4n) is 2.49. The van der Waals surface area contributed by atoms with Crippen LogP contribution < -0.4 is 4.90 Å². The molecule has 2 aromatic rings. The molecule has 0 saturated carbocycles. The van der Waals surface area contributed by atoms with E-state index in [-0.39, 0.29) is 11.8 Å². The Morgan fingerprint density at radius 2 is 2.00 bits per heavy atom. The molecule has 0 aliphatic carbocycles. The number of hydrogen-bond acceptors (Lipinski definition) is 2. The molecule has 0 bridgehead atoms. The number of anilines is 1. The normalized spacial score (nSPS) is 18.3. The van der Waals surface area contributed by atoms with Gasteiger partial charge in [-0.25, -0.2) is 0 Å². The first-order chi connectivity index (χ1) is 9.78. The lowest BCUT2D eigenvalue weighted by atomic mass is 10.1. The SMILES string of the molecule is C=CC1CC(=O)N(c2ccc(-c3ccccn3)cc2)C1. The van der Waals surface area contributed by atoms with Gasteiger partial charge in [-0.2, -0.15) is 0 Å². The summed E-state index contributed by atoms with van der Waals surface area (Å²) in [6, 6.07) is 13.8. The van der Waals surface area contributed by atoms with Crippen molar-refractivity contribution in [2.75, 3.05) is 11.4 Å². The highest BCUT2D eigenvalue weighted by molar-refractivity contribution is 5.96. The predicted octanol–water partition coefficient (Wildman–Crippen LogP) is 3.29. The number of pyridine rings is 1. The average molecular weight is 264 g/mol. The molecule has 1 saturated heterocycles. The summed E-state index contributed by atoms with van der Waals surface area (Å²) in [5.74, 6) is 0.429. The Bertz CT molecular complexity index is 619. The van der Waals surface area contributed by atoms with Crippen molar-refractivity contribution in [1.29, 1.82) is 0 Å². The molecule has 1 aliphatic heterocycles. The molecule has 100 valence electrons. The average Bonchev–Trinajstić information content (AvgIpc) is 2.89. The monoisotopic (exact) mass is 264 g/mol. The Kier molecular flexibility index (Phi) is 3.33. The van der Waals surface area contributed by atoms with Crippen molar-refractivity contribution in [3.63, 3.8) is 0 Å². The van der Waals surface area contributed by atoms with Crippen molar-refractivity contribution < 1.29 is 4.79 Å². The first-order valence-electron chi connectivity index (χ1n) is 6.72. The largest absolute Gasteiger partial charge is 0.312 e.